The van der Waals surface area contributed by atoms with Gasteiger partial charge in [0.1, 0.15) is 0 Å². The standard InChI is InChI=1S/C8H9NOS/c10-8-3-7(4-9-8)6-1-2-11-5-6/h1-2,5,7H,3-4H2,(H,9,10). The van der Waals surface area contributed by atoms with E-state index in [2.05, 4.69) is 22.1 Å². The zero-order valence-corrected chi connectivity index (χ0v) is 6.86. The molecular weight excluding hydrogens is 158 g/mol. The number of thiophene rings is 1. The van der Waals surface area contributed by atoms with Crippen molar-refractivity contribution in [2.75, 3.05) is 6.54 Å². The Morgan fingerprint density at radius 2 is 2.55 bits per heavy atom. The molecule has 1 aliphatic rings. The van der Waals surface area contributed by atoms with Gasteiger partial charge in [-0.2, -0.15) is 11.3 Å². The van der Waals surface area contributed by atoms with Crippen molar-refractivity contribution >= 4 is 17.2 Å². The van der Waals surface area contributed by atoms with Gasteiger partial charge in [-0.15, -0.1) is 0 Å². The van der Waals surface area contributed by atoms with Crippen LogP contribution in [0, 0.1) is 0 Å². The van der Waals surface area contributed by atoms with Crippen LogP contribution in [-0.2, 0) is 4.79 Å². The van der Waals surface area contributed by atoms with Gasteiger partial charge in [-0.25, -0.2) is 0 Å². The first-order chi connectivity index (χ1) is 5.36. The average molecular weight is 167 g/mol. The lowest BCUT2D eigenvalue weighted by Crippen LogP contribution is -2.13. The highest BCUT2D eigenvalue weighted by molar-refractivity contribution is 7.07. The number of amides is 1. The van der Waals surface area contributed by atoms with Gasteiger partial charge >= 0.3 is 0 Å². The van der Waals surface area contributed by atoms with Crippen LogP contribution in [-0.4, -0.2) is 12.5 Å². The second kappa shape index (κ2) is 2.66. The molecule has 11 heavy (non-hydrogen) atoms. The lowest BCUT2D eigenvalue weighted by atomic mass is 10.0. The Hall–Kier alpha value is -0.830. The van der Waals surface area contributed by atoms with E-state index in [1.807, 2.05) is 0 Å². The topological polar surface area (TPSA) is 29.1 Å². The van der Waals surface area contributed by atoms with Crippen LogP contribution in [0.4, 0.5) is 0 Å². The lowest BCUT2D eigenvalue weighted by Gasteiger charge is -2.01. The number of nitrogens with one attached hydrogen (secondary N) is 1. The van der Waals surface area contributed by atoms with E-state index >= 15 is 0 Å². The fourth-order valence-corrected chi connectivity index (χ4v) is 2.09. The molecule has 0 saturated carbocycles. The zero-order valence-electron chi connectivity index (χ0n) is 6.04. The number of hydrogen-bond donors (Lipinski definition) is 1. The molecule has 0 radical (unpaired) electrons. The molecule has 1 aromatic rings. The normalized spacial score (nSPS) is 23.6. The first-order valence-corrected chi connectivity index (χ1v) is 4.59. The smallest absolute Gasteiger partial charge is 0.220 e. The molecule has 1 fully saturated rings. The van der Waals surface area contributed by atoms with Crippen LogP contribution in [0.3, 0.4) is 0 Å². The SMILES string of the molecule is O=C1CC(c2ccsc2)CN1. The molecule has 0 spiro atoms. The molecule has 0 aromatic carbocycles. The molecule has 58 valence electrons. The summed E-state index contributed by atoms with van der Waals surface area (Å²) < 4.78 is 0. The summed E-state index contributed by atoms with van der Waals surface area (Å²) in [6.45, 7) is 0.815. The van der Waals surface area contributed by atoms with E-state index < -0.39 is 0 Å². The van der Waals surface area contributed by atoms with E-state index in [9.17, 15) is 4.79 Å². The van der Waals surface area contributed by atoms with Crippen LogP contribution in [0.1, 0.15) is 17.9 Å². The molecule has 1 amide bonds. The highest BCUT2D eigenvalue weighted by atomic mass is 32.1. The molecule has 0 aliphatic carbocycles. The van der Waals surface area contributed by atoms with Crippen molar-refractivity contribution in [1.82, 2.24) is 5.32 Å². The Morgan fingerprint density at radius 3 is 3.09 bits per heavy atom. The summed E-state index contributed by atoms with van der Waals surface area (Å²) in [5, 5.41) is 6.99. The molecular formula is C8H9NOS. The molecule has 1 saturated heterocycles. The second-order valence-electron chi connectivity index (χ2n) is 2.76. The van der Waals surface area contributed by atoms with E-state index in [-0.39, 0.29) is 5.91 Å². The van der Waals surface area contributed by atoms with Crippen molar-refractivity contribution in [1.29, 1.82) is 0 Å². The highest BCUT2D eigenvalue weighted by Gasteiger charge is 2.22. The van der Waals surface area contributed by atoms with E-state index in [4.69, 9.17) is 0 Å². The number of rotatable bonds is 1. The summed E-state index contributed by atoms with van der Waals surface area (Å²) in [6, 6.07) is 2.09. The maximum atomic E-state index is 10.8. The Bertz CT molecular complexity index is 255. The summed E-state index contributed by atoms with van der Waals surface area (Å²) in [5.41, 5.74) is 1.30. The van der Waals surface area contributed by atoms with E-state index in [1.54, 1.807) is 11.3 Å². The number of hydrogen-bond acceptors (Lipinski definition) is 2. The minimum atomic E-state index is 0.182. The first-order valence-electron chi connectivity index (χ1n) is 3.65. The molecule has 1 aliphatic heterocycles. The molecule has 0 bridgehead atoms. The van der Waals surface area contributed by atoms with Crippen molar-refractivity contribution in [3.63, 3.8) is 0 Å². The first kappa shape index (κ1) is 6.85. The monoisotopic (exact) mass is 167 g/mol. The summed E-state index contributed by atoms with van der Waals surface area (Å²) in [7, 11) is 0. The molecule has 2 rings (SSSR count). The third-order valence-corrected chi connectivity index (χ3v) is 2.69. The fourth-order valence-electron chi connectivity index (χ4n) is 1.35. The summed E-state index contributed by atoms with van der Waals surface area (Å²) in [5.74, 6) is 0.606. The van der Waals surface area contributed by atoms with E-state index in [1.165, 1.54) is 5.56 Å². The van der Waals surface area contributed by atoms with Crippen molar-refractivity contribution in [2.24, 2.45) is 0 Å². The summed E-state index contributed by atoms with van der Waals surface area (Å²) in [6.07, 6.45) is 0.663. The van der Waals surface area contributed by atoms with Crippen LogP contribution in [0.5, 0.6) is 0 Å². The van der Waals surface area contributed by atoms with Crippen molar-refractivity contribution in [2.45, 2.75) is 12.3 Å². The molecule has 3 heteroatoms. The number of carbonyl (C=O) groups excluding carboxylic acids is 1. The van der Waals surface area contributed by atoms with Crippen LogP contribution in [0.25, 0.3) is 0 Å². The minimum Gasteiger partial charge on any atom is -0.355 e. The van der Waals surface area contributed by atoms with E-state index in [0.717, 1.165) is 6.54 Å². The largest absolute Gasteiger partial charge is 0.355 e. The predicted molar refractivity (Wildman–Crippen MR) is 44.7 cm³/mol. The Balaban J connectivity index is 2.13. The molecule has 1 atom stereocenters. The zero-order chi connectivity index (χ0) is 7.68. The third-order valence-electron chi connectivity index (χ3n) is 1.99. The van der Waals surface area contributed by atoms with Crippen LogP contribution in [0.2, 0.25) is 0 Å². The van der Waals surface area contributed by atoms with Gasteiger partial charge in [0.15, 0.2) is 0 Å². The average Bonchev–Trinajstić information content (AvgIpc) is 2.55. The number of carbonyl (C=O) groups is 1. The van der Waals surface area contributed by atoms with Crippen LogP contribution < -0.4 is 5.32 Å². The Morgan fingerprint density at radius 1 is 1.64 bits per heavy atom. The van der Waals surface area contributed by atoms with Gasteiger partial charge in [-0.1, -0.05) is 0 Å². The van der Waals surface area contributed by atoms with Crippen molar-refractivity contribution in [3.05, 3.63) is 22.4 Å². The fraction of sp³-hybridized carbons (Fsp3) is 0.375. The van der Waals surface area contributed by atoms with Gasteiger partial charge in [-0.05, 0) is 22.4 Å². The third kappa shape index (κ3) is 1.28. The van der Waals surface area contributed by atoms with Crippen molar-refractivity contribution < 1.29 is 4.79 Å². The second-order valence-corrected chi connectivity index (χ2v) is 3.54. The summed E-state index contributed by atoms with van der Waals surface area (Å²) in [4.78, 5) is 10.8. The molecule has 1 N–H and O–H groups in total. The van der Waals surface area contributed by atoms with Gasteiger partial charge in [0.2, 0.25) is 5.91 Å². The Kier molecular flexibility index (Phi) is 1.66. The van der Waals surface area contributed by atoms with Crippen LogP contribution in [0.15, 0.2) is 16.8 Å². The van der Waals surface area contributed by atoms with Gasteiger partial charge in [-0.3, -0.25) is 4.79 Å². The van der Waals surface area contributed by atoms with Gasteiger partial charge in [0, 0.05) is 18.9 Å². The molecule has 2 heterocycles. The summed E-state index contributed by atoms with van der Waals surface area (Å²) >= 11 is 1.69. The maximum Gasteiger partial charge on any atom is 0.220 e. The minimum absolute atomic E-state index is 0.182. The van der Waals surface area contributed by atoms with Gasteiger partial charge in [0.05, 0.1) is 0 Å². The van der Waals surface area contributed by atoms with Gasteiger partial charge in [0.25, 0.3) is 0 Å². The highest BCUT2D eigenvalue weighted by Crippen LogP contribution is 2.24. The lowest BCUT2D eigenvalue weighted by molar-refractivity contribution is -0.119. The quantitative estimate of drug-likeness (QED) is 0.672. The molecule has 1 unspecified atom stereocenters. The Labute approximate surface area is 69.2 Å². The maximum absolute atomic E-state index is 10.8. The molecule has 2 nitrogen and oxygen atoms in total. The van der Waals surface area contributed by atoms with Crippen molar-refractivity contribution in [3.8, 4) is 0 Å². The van der Waals surface area contributed by atoms with Gasteiger partial charge < -0.3 is 5.32 Å². The van der Waals surface area contributed by atoms with E-state index in [0.29, 0.717) is 12.3 Å². The molecule has 1 aromatic heterocycles. The van der Waals surface area contributed by atoms with Crippen LogP contribution >= 0.6 is 11.3 Å². The predicted octanol–water partition coefficient (Wildman–Crippen LogP) is 1.35.